The Balaban J connectivity index is 2.96. The van der Waals surface area contributed by atoms with Gasteiger partial charge in [0, 0.05) is 25.6 Å². The van der Waals surface area contributed by atoms with E-state index in [0.29, 0.717) is 18.4 Å². The summed E-state index contributed by atoms with van der Waals surface area (Å²) in [4.78, 5) is 37.2. The predicted octanol–water partition coefficient (Wildman–Crippen LogP) is -0.0481. The normalized spacial score (nSPS) is 13.9. The molecule has 3 amide bonds. The summed E-state index contributed by atoms with van der Waals surface area (Å²) in [5, 5.41) is 15.2. The van der Waals surface area contributed by atoms with E-state index >= 15 is 0 Å². The summed E-state index contributed by atoms with van der Waals surface area (Å²) in [6.45, 7) is 6.56. The molecule has 7 N–H and O–H groups in total. The molecule has 0 aliphatic heterocycles. The average molecular weight is 497 g/mol. The van der Waals surface area contributed by atoms with Crippen molar-refractivity contribution in [1.29, 1.82) is 5.41 Å². The molecule has 11 nitrogen and oxygen atoms in total. The molecular weight excluding hydrogens is 460 g/mol. The van der Waals surface area contributed by atoms with Crippen molar-refractivity contribution in [3.05, 3.63) is 35.4 Å². The Morgan fingerprint density at radius 1 is 1.06 bits per heavy atom. The van der Waals surface area contributed by atoms with Crippen LogP contribution in [0.4, 0.5) is 0 Å². The molecule has 0 saturated carbocycles. The number of carbonyl (C=O) groups is 3. The van der Waals surface area contributed by atoms with Crippen LogP contribution in [0.5, 0.6) is 0 Å². The van der Waals surface area contributed by atoms with Gasteiger partial charge in [0.1, 0.15) is 17.9 Å². The first kappa shape index (κ1) is 29.0. The van der Waals surface area contributed by atoms with Crippen LogP contribution < -0.4 is 26.4 Å². The Morgan fingerprint density at radius 3 is 2.18 bits per heavy atom. The number of hydrogen-bond donors (Lipinski definition) is 6. The van der Waals surface area contributed by atoms with Crippen LogP contribution in [0.1, 0.15) is 51.7 Å². The lowest BCUT2D eigenvalue weighted by Gasteiger charge is -2.26. The van der Waals surface area contributed by atoms with E-state index in [4.69, 9.17) is 11.1 Å². The van der Waals surface area contributed by atoms with Crippen molar-refractivity contribution in [2.24, 2.45) is 11.7 Å². The van der Waals surface area contributed by atoms with E-state index in [1.807, 2.05) is 6.92 Å². The quantitative estimate of drug-likeness (QED) is 0.155. The SMILES string of the molecule is CCCS(=O)(=O)N[C@@H](C(=O)N[C@@H](CNC(C)=O)C(=O)NCc1ccc(C(=N)N)cc1)C(C)CC. The van der Waals surface area contributed by atoms with E-state index in [9.17, 15) is 22.8 Å². The van der Waals surface area contributed by atoms with E-state index in [-0.39, 0.29) is 36.5 Å². The van der Waals surface area contributed by atoms with Crippen molar-refractivity contribution in [3.8, 4) is 0 Å². The highest BCUT2D eigenvalue weighted by Gasteiger charge is 2.31. The van der Waals surface area contributed by atoms with Crippen LogP contribution in [0.3, 0.4) is 0 Å². The summed E-state index contributed by atoms with van der Waals surface area (Å²) in [5.74, 6) is -2.09. The van der Waals surface area contributed by atoms with E-state index in [0.717, 1.165) is 5.56 Å². The summed E-state index contributed by atoms with van der Waals surface area (Å²) >= 11 is 0. The monoisotopic (exact) mass is 496 g/mol. The van der Waals surface area contributed by atoms with Crippen LogP contribution in [-0.2, 0) is 31.0 Å². The maximum absolute atomic E-state index is 13.0. The third-order valence-electron chi connectivity index (χ3n) is 5.19. The number of sulfonamides is 1. The highest BCUT2D eigenvalue weighted by Crippen LogP contribution is 2.10. The maximum Gasteiger partial charge on any atom is 0.244 e. The largest absolute Gasteiger partial charge is 0.384 e. The fraction of sp³-hybridized carbons (Fsp3) is 0.545. The molecule has 0 saturated heterocycles. The predicted molar refractivity (Wildman–Crippen MR) is 130 cm³/mol. The lowest BCUT2D eigenvalue weighted by molar-refractivity contribution is -0.130. The molecule has 0 aliphatic carbocycles. The van der Waals surface area contributed by atoms with E-state index in [1.165, 1.54) is 6.92 Å². The van der Waals surface area contributed by atoms with Crippen molar-refractivity contribution >= 4 is 33.6 Å². The Labute approximate surface area is 201 Å². The van der Waals surface area contributed by atoms with Gasteiger partial charge >= 0.3 is 0 Å². The molecule has 0 aliphatic rings. The lowest BCUT2D eigenvalue weighted by atomic mass is 9.99. The highest BCUT2D eigenvalue weighted by atomic mass is 32.2. The summed E-state index contributed by atoms with van der Waals surface area (Å²) in [5.41, 5.74) is 6.73. The number of amides is 3. The molecule has 0 spiro atoms. The third-order valence-corrected chi connectivity index (χ3v) is 6.75. The van der Waals surface area contributed by atoms with Gasteiger partial charge in [0.2, 0.25) is 27.7 Å². The fourth-order valence-electron chi connectivity index (χ4n) is 3.02. The number of nitrogens with two attached hydrogens (primary N) is 1. The maximum atomic E-state index is 13.0. The molecule has 0 aromatic heterocycles. The van der Waals surface area contributed by atoms with Gasteiger partial charge < -0.3 is 21.7 Å². The van der Waals surface area contributed by atoms with Gasteiger partial charge in [-0.25, -0.2) is 13.1 Å². The van der Waals surface area contributed by atoms with Crippen molar-refractivity contribution < 1.29 is 22.8 Å². The second-order valence-corrected chi connectivity index (χ2v) is 10.0. The van der Waals surface area contributed by atoms with Gasteiger partial charge in [-0.1, -0.05) is 51.5 Å². The Kier molecular flexibility index (Phi) is 11.7. The van der Waals surface area contributed by atoms with Gasteiger partial charge in [-0.05, 0) is 17.9 Å². The smallest absolute Gasteiger partial charge is 0.244 e. The number of nitrogen functional groups attached to an aromatic ring is 1. The lowest BCUT2D eigenvalue weighted by Crippen LogP contribution is -2.58. The topological polar surface area (TPSA) is 183 Å². The Bertz CT molecular complexity index is 965. The van der Waals surface area contributed by atoms with Crippen LogP contribution in [0, 0.1) is 11.3 Å². The molecule has 34 heavy (non-hydrogen) atoms. The molecule has 0 bridgehead atoms. The van der Waals surface area contributed by atoms with E-state index in [1.54, 1.807) is 38.1 Å². The molecule has 1 aromatic carbocycles. The van der Waals surface area contributed by atoms with Gasteiger partial charge in [0.05, 0.1) is 5.75 Å². The minimum absolute atomic E-state index is 0.0703. The first-order chi connectivity index (χ1) is 15.9. The summed E-state index contributed by atoms with van der Waals surface area (Å²) in [7, 11) is -3.67. The van der Waals surface area contributed by atoms with Gasteiger partial charge in [-0.2, -0.15) is 0 Å². The first-order valence-electron chi connectivity index (χ1n) is 11.2. The molecule has 0 heterocycles. The zero-order valence-corrected chi connectivity index (χ0v) is 20.9. The third kappa shape index (κ3) is 9.87. The van der Waals surface area contributed by atoms with Gasteiger partial charge in [-0.15, -0.1) is 0 Å². The summed E-state index contributed by atoms with van der Waals surface area (Å²) in [6, 6.07) is 4.54. The molecule has 190 valence electrons. The van der Waals surface area contributed by atoms with Crippen molar-refractivity contribution in [1.82, 2.24) is 20.7 Å². The minimum Gasteiger partial charge on any atom is -0.384 e. The molecule has 0 fully saturated rings. The number of amidine groups is 1. The zero-order chi connectivity index (χ0) is 25.9. The summed E-state index contributed by atoms with van der Waals surface area (Å²) < 4.78 is 27.0. The van der Waals surface area contributed by atoms with Crippen molar-refractivity contribution in [2.75, 3.05) is 12.3 Å². The standard InChI is InChI=1S/C22H36N6O5S/c1-5-11-34(32,33)28-19(14(3)6-2)22(31)27-18(13-25-15(4)29)21(30)26-12-16-7-9-17(10-8-16)20(23)24/h7-10,14,18-19,28H,5-6,11-13H2,1-4H3,(H3,23,24)(H,25,29)(H,26,30)(H,27,31)/t14?,18-,19+/m0/s1. The molecule has 1 unspecified atom stereocenters. The van der Waals surface area contributed by atoms with Crippen molar-refractivity contribution in [3.63, 3.8) is 0 Å². The zero-order valence-electron chi connectivity index (χ0n) is 20.1. The second-order valence-electron chi connectivity index (χ2n) is 8.13. The van der Waals surface area contributed by atoms with Gasteiger partial charge in [-0.3, -0.25) is 19.8 Å². The van der Waals surface area contributed by atoms with Crippen LogP contribution in [0.15, 0.2) is 24.3 Å². The van der Waals surface area contributed by atoms with E-state index < -0.39 is 33.9 Å². The first-order valence-corrected chi connectivity index (χ1v) is 12.8. The van der Waals surface area contributed by atoms with Crippen LogP contribution in [0.25, 0.3) is 0 Å². The molecule has 3 atom stereocenters. The minimum atomic E-state index is -3.67. The molecule has 1 aromatic rings. The highest BCUT2D eigenvalue weighted by molar-refractivity contribution is 7.89. The number of benzene rings is 1. The molecule has 1 rings (SSSR count). The molecular formula is C22H36N6O5S. The Morgan fingerprint density at radius 2 is 1.68 bits per heavy atom. The van der Waals surface area contributed by atoms with Gasteiger partial charge in [0.15, 0.2) is 0 Å². The molecule has 0 radical (unpaired) electrons. The number of nitrogens with one attached hydrogen (secondary N) is 5. The van der Waals surface area contributed by atoms with Crippen LogP contribution >= 0.6 is 0 Å². The van der Waals surface area contributed by atoms with E-state index in [2.05, 4.69) is 20.7 Å². The molecule has 12 heteroatoms. The fourth-order valence-corrected chi connectivity index (χ4v) is 4.40. The number of hydrogen-bond acceptors (Lipinski definition) is 6. The Hall–Kier alpha value is -2.99. The van der Waals surface area contributed by atoms with Crippen LogP contribution in [0.2, 0.25) is 0 Å². The number of carbonyl (C=O) groups excluding carboxylic acids is 3. The van der Waals surface area contributed by atoms with Crippen LogP contribution in [-0.4, -0.2) is 56.4 Å². The second kappa shape index (κ2) is 13.7. The number of rotatable bonds is 14. The summed E-state index contributed by atoms with van der Waals surface area (Å²) in [6.07, 6.45) is 0.927. The van der Waals surface area contributed by atoms with Gasteiger partial charge in [0.25, 0.3) is 0 Å². The van der Waals surface area contributed by atoms with Crippen molar-refractivity contribution in [2.45, 2.75) is 59.2 Å². The average Bonchev–Trinajstić information content (AvgIpc) is 2.77.